The second-order valence-corrected chi connectivity index (χ2v) is 5.41. The van der Waals surface area contributed by atoms with Crippen LogP contribution in [0.25, 0.3) is 0 Å². The molecule has 0 aliphatic heterocycles. The molecule has 20 heavy (non-hydrogen) atoms. The van der Waals surface area contributed by atoms with E-state index in [0.29, 0.717) is 10.0 Å². The molecule has 106 valence electrons. The van der Waals surface area contributed by atoms with Crippen LogP contribution >= 0.6 is 23.2 Å². The van der Waals surface area contributed by atoms with E-state index in [4.69, 9.17) is 29.0 Å². The van der Waals surface area contributed by atoms with Gasteiger partial charge in [0, 0.05) is 12.4 Å². The SMILES string of the molecule is CCc1cnccc1C(Cc1ccc(Cl)c(Cl)c1)NN. The van der Waals surface area contributed by atoms with Gasteiger partial charge in [0.25, 0.3) is 0 Å². The van der Waals surface area contributed by atoms with Crippen LogP contribution in [0, 0.1) is 0 Å². The highest BCUT2D eigenvalue weighted by molar-refractivity contribution is 6.42. The van der Waals surface area contributed by atoms with Gasteiger partial charge < -0.3 is 0 Å². The quantitative estimate of drug-likeness (QED) is 0.654. The third-order valence-electron chi connectivity index (χ3n) is 3.32. The lowest BCUT2D eigenvalue weighted by Crippen LogP contribution is -2.30. The zero-order valence-electron chi connectivity index (χ0n) is 11.2. The second-order valence-electron chi connectivity index (χ2n) is 4.60. The summed E-state index contributed by atoms with van der Waals surface area (Å²) in [5.41, 5.74) is 6.31. The zero-order chi connectivity index (χ0) is 14.5. The summed E-state index contributed by atoms with van der Waals surface area (Å²) < 4.78 is 0. The van der Waals surface area contributed by atoms with Crippen LogP contribution in [0.1, 0.15) is 29.7 Å². The van der Waals surface area contributed by atoms with Crippen LogP contribution in [0.2, 0.25) is 10.0 Å². The number of nitrogens with zero attached hydrogens (tertiary/aromatic N) is 1. The molecule has 0 bridgehead atoms. The van der Waals surface area contributed by atoms with Crippen molar-refractivity contribution >= 4 is 23.2 Å². The van der Waals surface area contributed by atoms with Gasteiger partial charge in [-0.05, 0) is 47.7 Å². The second kappa shape index (κ2) is 7.04. The van der Waals surface area contributed by atoms with Gasteiger partial charge in [-0.1, -0.05) is 36.2 Å². The van der Waals surface area contributed by atoms with Gasteiger partial charge in [0.2, 0.25) is 0 Å². The highest BCUT2D eigenvalue weighted by Crippen LogP contribution is 2.26. The Hall–Kier alpha value is -1.13. The molecular weight excluding hydrogens is 293 g/mol. The molecule has 1 unspecified atom stereocenters. The number of aryl methyl sites for hydroxylation is 1. The maximum atomic E-state index is 6.05. The Bertz CT molecular complexity index is 587. The number of pyridine rings is 1. The van der Waals surface area contributed by atoms with Gasteiger partial charge in [0.15, 0.2) is 0 Å². The van der Waals surface area contributed by atoms with E-state index in [2.05, 4.69) is 17.3 Å². The first-order valence-electron chi connectivity index (χ1n) is 6.48. The Balaban J connectivity index is 2.26. The van der Waals surface area contributed by atoms with Crippen LogP contribution in [0.3, 0.4) is 0 Å². The molecule has 2 rings (SSSR count). The Morgan fingerprint density at radius 2 is 2.05 bits per heavy atom. The molecular formula is C15H17Cl2N3. The number of halogens is 2. The molecule has 3 nitrogen and oxygen atoms in total. The predicted molar refractivity (Wildman–Crippen MR) is 83.8 cm³/mol. The van der Waals surface area contributed by atoms with Crippen LogP contribution in [-0.4, -0.2) is 4.98 Å². The van der Waals surface area contributed by atoms with Gasteiger partial charge in [-0.3, -0.25) is 16.3 Å². The third-order valence-corrected chi connectivity index (χ3v) is 4.06. The molecule has 5 heteroatoms. The summed E-state index contributed by atoms with van der Waals surface area (Å²) >= 11 is 12.0. The summed E-state index contributed by atoms with van der Waals surface area (Å²) in [6.45, 7) is 2.10. The van der Waals surface area contributed by atoms with Crippen molar-refractivity contribution in [2.24, 2.45) is 5.84 Å². The van der Waals surface area contributed by atoms with E-state index in [1.54, 1.807) is 12.3 Å². The van der Waals surface area contributed by atoms with Gasteiger partial charge in [0.1, 0.15) is 0 Å². The van der Waals surface area contributed by atoms with Crippen molar-refractivity contribution in [2.75, 3.05) is 0 Å². The van der Waals surface area contributed by atoms with Gasteiger partial charge in [-0.15, -0.1) is 0 Å². The molecule has 0 fully saturated rings. The third kappa shape index (κ3) is 3.49. The summed E-state index contributed by atoms with van der Waals surface area (Å²) in [5, 5.41) is 1.12. The molecule has 0 aliphatic rings. The van der Waals surface area contributed by atoms with Crippen molar-refractivity contribution in [3.63, 3.8) is 0 Å². The first-order valence-corrected chi connectivity index (χ1v) is 7.24. The molecule has 0 amide bonds. The molecule has 0 spiro atoms. The molecule has 0 radical (unpaired) electrons. The number of rotatable bonds is 5. The highest BCUT2D eigenvalue weighted by atomic mass is 35.5. The fraction of sp³-hybridized carbons (Fsp3) is 0.267. The monoisotopic (exact) mass is 309 g/mol. The first kappa shape index (κ1) is 15.3. The zero-order valence-corrected chi connectivity index (χ0v) is 12.7. The fourth-order valence-electron chi connectivity index (χ4n) is 2.23. The number of nitrogens with one attached hydrogen (secondary N) is 1. The van der Waals surface area contributed by atoms with Crippen molar-refractivity contribution in [1.29, 1.82) is 0 Å². The Kier molecular flexibility index (Phi) is 5.38. The topological polar surface area (TPSA) is 50.9 Å². The average molecular weight is 310 g/mol. The Morgan fingerprint density at radius 3 is 2.70 bits per heavy atom. The van der Waals surface area contributed by atoms with Crippen LogP contribution < -0.4 is 11.3 Å². The largest absolute Gasteiger partial charge is 0.271 e. The van der Waals surface area contributed by atoms with E-state index in [-0.39, 0.29) is 6.04 Å². The van der Waals surface area contributed by atoms with E-state index >= 15 is 0 Å². The molecule has 0 saturated carbocycles. The van der Waals surface area contributed by atoms with Crippen molar-refractivity contribution < 1.29 is 0 Å². The lowest BCUT2D eigenvalue weighted by Gasteiger charge is -2.19. The molecule has 0 aliphatic carbocycles. The average Bonchev–Trinajstić information content (AvgIpc) is 2.48. The summed E-state index contributed by atoms with van der Waals surface area (Å²) in [6.07, 6.45) is 5.33. The maximum Gasteiger partial charge on any atom is 0.0595 e. The Morgan fingerprint density at radius 1 is 1.25 bits per heavy atom. The van der Waals surface area contributed by atoms with Crippen LogP contribution in [0.5, 0.6) is 0 Å². The van der Waals surface area contributed by atoms with Crippen molar-refractivity contribution in [2.45, 2.75) is 25.8 Å². The summed E-state index contributed by atoms with van der Waals surface area (Å²) in [6, 6.07) is 7.66. The molecule has 3 N–H and O–H groups in total. The van der Waals surface area contributed by atoms with E-state index < -0.39 is 0 Å². The van der Waals surface area contributed by atoms with Crippen molar-refractivity contribution in [3.8, 4) is 0 Å². The van der Waals surface area contributed by atoms with Crippen molar-refractivity contribution in [3.05, 3.63) is 63.4 Å². The van der Waals surface area contributed by atoms with E-state index in [1.807, 2.05) is 24.4 Å². The molecule has 1 aromatic heterocycles. The minimum atomic E-state index is 0.0187. The van der Waals surface area contributed by atoms with Gasteiger partial charge in [-0.2, -0.15) is 0 Å². The lowest BCUT2D eigenvalue weighted by atomic mass is 9.95. The van der Waals surface area contributed by atoms with Gasteiger partial charge in [-0.25, -0.2) is 0 Å². The van der Waals surface area contributed by atoms with Crippen molar-refractivity contribution in [1.82, 2.24) is 10.4 Å². The number of hydrogen-bond donors (Lipinski definition) is 2. The van der Waals surface area contributed by atoms with E-state index in [1.165, 1.54) is 5.56 Å². The molecule has 1 atom stereocenters. The number of benzene rings is 1. The van der Waals surface area contributed by atoms with Gasteiger partial charge >= 0.3 is 0 Å². The molecule has 0 saturated heterocycles. The summed E-state index contributed by atoms with van der Waals surface area (Å²) in [7, 11) is 0. The van der Waals surface area contributed by atoms with Crippen LogP contribution in [0.4, 0.5) is 0 Å². The van der Waals surface area contributed by atoms with Crippen LogP contribution in [0.15, 0.2) is 36.7 Å². The standard InChI is InChI=1S/C15H17Cl2N3/c1-2-11-9-19-6-5-12(11)15(20-18)8-10-3-4-13(16)14(17)7-10/h3-7,9,15,20H,2,8,18H2,1H3. The van der Waals surface area contributed by atoms with Crippen LogP contribution in [-0.2, 0) is 12.8 Å². The minimum absolute atomic E-state index is 0.0187. The maximum absolute atomic E-state index is 6.05. The predicted octanol–water partition coefficient (Wildman–Crippen LogP) is 3.70. The van der Waals surface area contributed by atoms with E-state index in [0.717, 1.165) is 24.0 Å². The molecule has 2 aromatic rings. The molecule has 1 heterocycles. The number of aromatic nitrogens is 1. The lowest BCUT2D eigenvalue weighted by molar-refractivity contribution is 0.547. The highest BCUT2D eigenvalue weighted by Gasteiger charge is 2.14. The number of nitrogens with two attached hydrogens (primary N) is 1. The number of hydrogen-bond acceptors (Lipinski definition) is 3. The van der Waals surface area contributed by atoms with Gasteiger partial charge in [0.05, 0.1) is 16.1 Å². The van der Waals surface area contributed by atoms with E-state index in [9.17, 15) is 0 Å². The summed E-state index contributed by atoms with van der Waals surface area (Å²) in [5.74, 6) is 5.71. The normalized spacial score (nSPS) is 12.4. The first-order chi connectivity index (χ1) is 9.65. The number of hydrazine groups is 1. The molecule has 1 aromatic carbocycles. The minimum Gasteiger partial charge on any atom is -0.271 e. The Labute approximate surface area is 129 Å². The fourth-order valence-corrected chi connectivity index (χ4v) is 2.55. The smallest absolute Gasteiger partial charge is 0.0595 e. The summed E-state index contributed by atoms with van der Waals surface area (Å²) in [4.78, 5) is 4.16.